The van der Waals surface area contributed by atoms with Crippen molar-refractivity contribution < 1.29 is 14.3 Å². The number of rotatable bonds is 6. The Hall–Kier alpha value is -3.84. The van der Waals surface area contributed by atoms with Crippen LogP contribution in [-0.4, -0.2) is 25.5 Å². The van der Waals surface area contributed by atoms with Crippen LogP contribution in [0.1, 0.15) is 40.0 Å². The van der Waals surface area contributed by atoms with Crippen molar-refractivity contribution in [2.24, 2.45) is 5.92 Å². The summed E-state index contributed by atoms with van der Waals surface area (Å²) in [4.78, 5) is 26.1. The summed E-state index contributed by atoms with van der Waals surface area (Å²) in [5.74, 6) is 0.376. The highest BCUT2D eigenvalue weighted by molar-refractivity contribution is 5.99. The zero-order valence-corrected chi connectivity index (χ0v) is 19.3. The topological polar surface area (TPSA) is 82.7 Å². The Morgan fingerprint density at radius 3 is 2.68 bits per heavy atom. The van der Waals surface area contributed by atoms with Gasteiger partial charge in [-0.25, -0.2) is 10.4 Å². The van der Waals surface area contributed by atoms with Crippen molar-refractivity contribution in [2.75, 3.05) is 24.0 Å². The molecule has 0 radical (unpaired) electrons. The molecule has 2 atom stereocenters. The molecule has 7 heteroatoms. The van der Waals surface area contributed by atoms with E-state index in [-0.39, 0.29) is 23.8 Å². The van der Waals surface area contributed by atoms with Gasteiger partial charge in [-0.05, 0) is 65.6 Å². The molecule has 1 saturated heterocycles. The van der Waals surface area contributed by atoms with Gasteiger partial charge in [0.25, 0.3) is 5.91 Å². The molecule has 0 bridgehead atoms. The monoisotopic (exact) mass is 456 g/mol. The number of carbonyl (C=O) groups is 2. The Morgan fingerprint density at radius 2 is 1.91 bits per heavy atom. The van der Waals surface area contributed by atoms with Crippen molar-refractivity contribution in [1.82, 2.24) is 10.7 Å². The molecular weight excluding hydrogens is 428 g/mol. The average molecular weight is 457 g/mol. The molecule has 3 aromatic carbocycles. The second-order valence-corrected chi connectivity index (χ2v) is 8.62. The van der Waals surface area contributed by atoms with E-state index in [2.05, 4.69) is 23.0 Å². The van der Waals surface area contributed by atoms with E-state index in [9.17, 15) is 9.59 Å². The van der Waals surface area contributed by atoms with Crippen LogP contribution in [0, 0.1) is 5.92 Å². The van der Waals surface area contributed by atoms with Gasteiger partial charge in [0.15, 0.2) is 0 Å². The fourth-order valence-electron chi connectivity index (χ4n) is 4.58. The zero-order valence-electron chi connectivity index (χ0n) is 19.3. The Balaban J connectivity index is 1.34. The first-order chi connectivity index (χ1) is 16.6. The lowest BCUT2D eigenvalue weighted by Crippen LogP contribution is -2.35. The summed E-state index contributed by atoms with van der Waals surface area (Å²) in [5.41, 5.74) is 8.82. The Labute approximate surface area is 199 Å². The maximum Gasteiger partial charge on any atom is 0.251 e. The zero-order chi connectivity index (χ0) is 23.7. The van der Waals surface area contributed by atoms with E-state index in [0.717, 1.165) is 34.7 Å². The molecule has 5 rings (SSSR count). The average Bonchev–Trinajstić information content (AvgIpc) is 3.23. The molecule has 0 saturated carbocycles. The molecule has 1 fully saturated rings. The third-order valence-corrected chi connectivity index (χ3v) is 6.56. The molecule has 0 aromatic heterocycles. The minimum absolute atomic E-state index is 0.0280. The van der Waals surface area contributed by atoms with Gasteiger partial charge in [0, 0.05) is 24.3 Å². The van der Waals surface area contributed by atoms with Crippen LogP contribution in [0.25, 0.3) is 0 Å². The van der Waals surface area contributed by atoms with Crippen LogP contribution in [0.3, 0.4) is 0 Å². The van der Waals surface area contributed by atoms with Gasteiger partial charge in [-0.15, -0.1) is 0 Å². The maximum atomic E-state index is 13.2. The predicted molar refractivity (Wildman–Crippen MR) is 132 cm³/mol. The quantitative estimate of drug-likeness (QED) is 0.525. The lowest BCUT2D eigenvalue weighted by Gasteiger charge is -2.27. The molecule has 7 nitrogen and oxygen atoms in total. The van der Waals surface area contributed by atoms with Gasteiger partial charge in [0.1, 0.15) is 5.75 Å². The van der Waals surface area contributed by atoms with Gasteiger partial charge in [-0.3, -0.25) is 9.59 Å². The highest BCUT2D eigenvalue weighted by atomic mass is 16.5. The van der Waals surface area contributed by atoms with Gasteiger partial charge in [-0.2, -0.15) is 0 Å². The molecule has 2 heterocycles. The number of amides is 2. The van der Waals surface area contributed by atoms with E-state index < -0.39 is 0 Å². The van der Waals surface area contributed by atoms with Gasteiger partial charge in [-0.1, -0.05) is 31.2 Å². The van der Waals surface area contributed by atoms with Crippen LogP contribution < -0.4 is 25.8 Å². The molecule has 174 valence electrons. The second-order valence-electron chi connectivity index (χ2n) is 8.62. The second kappa shape index (κ2) is 9.19. The summed E-state index contributed by atoms with van der Waals surface area (Å²) in [6.07, 6.45) is 0.951. The van der Waals surface area contributed by atoms with Crippen LogP contribution >= 0.6 is 0 Å². The van der Waals surface area contributed by atoms with Gasteiger partial charge in [0.2, 0.25) is 5.91 Å². The SMILES string of the molecule is CCc1ccc(N2NC3c4cc(C(=O)NCc5cccc(OC)c5)ccc4NCC3C2=O)cc1. The van der Waals surface area contributed by atoms with E-state index in [4.69, 9.17) is 4.74 Å². The number of hydrogen-bond acceptors (Lipinski definition) is 5. The lowest BCUT2D eigenvalue weighted by molar-refractivity contribution is -0.120. The van der Waals surface area contributed by atoms with Crippen LogP contribution in [0.5, 0.6) is 5.75 Å². The minimum atomic E-state index is -0.242. The molecule has 0 spiro atoms. The number of nitrogens with one attached hydrogen (secondary N) is 3. The van der Waals surface area contributed by atoms with Crippen molar-refractivity contribution in [3.63, 3.8) is 0 Å². The number of aryl methyl sites for hydroxylation is 1. The third-order valence-electron chi connectivity index (χ3n) is 6.56. The number of hydrazine groups is 1. The maximum absolute atomic E-state index is 13.2. The first kappa shape index (κ1) is 22.0. The van der Waals surface area contributed by atoms with Crippen molar-refractivity contribution in [3.8, 4) is 5.75 Å². The van der Waals surface area contributed by atoms with E-state index in [1.807, 2.05) is 66.7 Å². The summed E-state index contributed by atoms with van der Waals surface area (Å²) in [7, 11) is 1.62. The fraction of sp³-hybridized carbons (Fsp3) is 0.259. The Bertz CT molecular complexity index is 1220. The standard InChI is InChI=1S/C27H28N4O3/c1-3-17-7-10-20(11-8-17)31-27(33)23-16-28-24-12-9-19(14-22(24)25(23)30-31)26(32)29-15-18-5-4-6-21(13-18)34-2/h4-14,23,25,28,30H,3,15-16H2,1-2H3,(H,29,32). The number of anilines is 2. The molecule has 2 amide bonds. The summed E-state index contributed by atoms with van der Waals surface area (Å²) in [5, 5.41) is 7.97. The highest BCUT2D eigenvalue weighted by Crippen LogP contribution is 2.40. The first-order valence-corrected chi connectivity index (χ1v) is 11.6. The minimum Gasteiger partial charge on any atom is -0.497 e. The smallest absolute Gasteiger partial charge is 0.251 e. The largest absolute Gasteiger partial charge is 0.497 e. The Morgan fingerprint density at radius 1 is 1.09 bits per heavy atom. The first-order valence-electron chi connectivity index (χ1n) is 11.6. The van der Waals surface area contributed by atoms with Crippen molar-refractivity contribution in [1.29, 1.82) is 0 Å². The molecular formula is C27H28N4O3. The third kappa shape index (κ3) is 4.10. The van der Waals surface area contributed by atoms with E-state index >= 15 is 0 Å². The predicted octanol–water partition coefficient (Wildman–Crippen LogP) is 3.82. The van der Waals surface area contributed by atoms with Crippen molar-refractivity contribution in [3.05, 3.63) is 89.0 Å². The highest BCUT2D eigenvalue weighted by Gasteiger charge is 2.44. The van der Waals surface area contributed by atoms with Gasteiger partial charge < -0.3 is 15.4 Å². The normalized spacial score (nSPS) is 18.6. The number of hydrogen-bond donors (Lipinski definition) is 3. The van der Waals surface area contributed by atoms with E-state index in [0.29, 0.717) is 18.7 Å². The number of benzene rings is 3. The number of nitrogens with zero attached hydrogens (tertiary/aromatic N) is 1. The number of ether oxygens (including phenoxy) is 1. The van der Waals surface area contributed by atoms with Crippen LogP contribution in [0.2, 0.25) is 0 Å². The molecule has 2 unspecified atom stereocenters. The van der Waals surface area contributed by atoms with E-state index in [1.54, 1.807) is 12.1 Å². The van der Waals surface area contributed by atoms with Crippen LogP contribution in [-0.2, 0) is 17.8 Å². The number of methoxy groups -OCH3 is 1. The van der Waals surface area contributed by atoms with Crippen LogP contribution in [0.15, 0.2) is 66.7 Å². The van der Waals surface area contributed by atoms with Crippen molar-refractivity contribution in [2.45, 2.75) is 25.9 Å². The van der Waals surface area contributed by atoms with Crippen LogP contribution in [0.4, 0.5) is 11.4 Å². The van der Waals surface area contributed by atoms with E-state index in [1.165, 1.54) is 5.56 Å². The Kier molecular flexibility index (Phi) is 5.94. The fourth-order valence-corrected chi connectivity index (χ4v) is 4.58. The number of carbonyl (C=O) groups excluding carboxylic acids is 2. The van der Waals surface area contributed by atoms with Gasteiger partial charge >= 0.3 is 0 Å². The molecule has 0 aliphatic carbocycles. The summed E-state index contributed by atoms with van der Waals surface area (Å²) in [6, 6.07) is 21.1. The molecule has 34 heavy (non-hydrogen) atoms. The molecule has 2 aliphatic rings. The summed E-state index contributed by atoms with van der Waals surface area (Å²) >= 11 is 0. The number of fused-ring (bicyclic) bond motifs is 3. The van der Waals surface area contributed by atoms with Crippen molar-refractivity contribution >= 4 is 23.2 Å². The molecule has 3 N–H and O–H groups in total. The summed E-state index contributed by atoms with van der Waals surface area (Å²) in [6.45, 7) is 3.06. The summed E-state index contributed by atoms with van der Waals surface area (Å²) < 4.78 is 5.25. The molecule has 3 aromatic rings. The van der Waals surface area contributed by atoms with Gasteiger partial charge in [0.05, 0.1) is 24.8 Å². The molecule has 2 aliphatic heterocycles. The lowest BCUT2D eigenvalue weighted by atomic mass is 9.88.